The van der Waals surface area contributed by atoms with E-state index in [1.165, 1.54) is 0 Å². The van der Waals surface area contributed by atoms with Crippen LogP contribution in [0.2, 0.25) is 0 Å². The van der Waals surface area contributed by atoms with Crippen molar-refractivity contribution >= 4 is 17.8 Å². The summed E-state index contributed by atoms with van der Waals surface area (Å²) < 4.78 is 10.3. The van der Waals surface area contributed by atoms with Crippen molar-refractivity contribution in [2.75, 3.05) is 42.3 Å². The molecule has 1 aliphatic rings. The Morgan fingerprint density at radius 1 is 1.29 bits per heavy atom. The Morgan fingerprint density at radius 3 is 2.81 bits per heavy atom. The summed E-state index contributed by atoms with van der Waals surface area (Å²) in [7, 11) is 0. The van der Waals surface area contributed by atoms with Gasteiger partial charge in [-0.15, -0.1) is 0 Å². The average Bonchev–Trinajstić information content (AvgIpc) is 2.91. The lowest BCUT2D eigenvalue weighted by molar-refractivity contribution is 0.122. The van der Waals surface area contributed by atoms with Crippen LogP contribution in [0.3, 0.4) is 0 Å². The van der Waals surface area contributed by atoms with Crippen LogP contribution in [-0.2, 0) is 11.3 Å². The van der Waals surface area contributed by atoms with Gasteiger partial charge in [0.25, 0.3) is 0 Å². The van der Waals surface area contributed by atoms with E-state index in [9.17, 15) is 0 Å². The number of anilines is 3. The molecule has 0 saturated carbocycles. The van der Waals surface area contributed by atoms with Crippen molar-refractivity contribution in [3.8, 4) is 0 Å². The number of nitrogen functional groups attached to an aromatic ring is 1. The fourth-order valence-electron chi connectivity index (χ4n) is 2.04. The van der Waals surface area contributed by atoms with Gasteiger partial charge in [0.15, 0.2) is 0 Å². The molecule has 9 heteroatoms. The number of aryl methyl sites for hydroxylation is 1. The molecule has 0 amide bonds. The van der Waals surface area contributed by atoms with Crippen LogP contribution in [0, 0.1) is 6.92 Å². The van der Waals surface area contributed by atoms with Crippen LogP contribution < -0.4 is 16.0 Å². The highest BCUT2D eigenvalue weighted by molar-refractivity contribution is 5.42. The van der Waals surface area contributed by atoms with E-state index in [-0.39, 0.29) is 5.95 Å². The van der Waals surface area contributed by atoms with E-state index in [2.05, 4.69) is 25.4 Å². The summed E-state index contributed by atoms with van der Waals surface area (Å²) in [6.45, 7) is 5.10. The molecule has 0 unspecified atom stereocenters. The highest BCUT2D eigenvalue weighted by Crippen LogP contribution is 2.14. The maximum atomic E-state index is 5.74. The summed E-state index contributed by atoms with van der Waals surface area (Å²) in [5.41, 5.74) is 6.52. The third-order valence-electron chi connectivity index (χ3n) is 3.04. The third kappa shape index (κ3) is 3.37. The molecule has 0 atom stereocenters. The van der Waals surface area contributed by atoms with Gasteiger partial charge in [0.05, 0.1) is 19.8 Å². The predicted molar refractivity (Wildman–Crippen MR) is 75.8 cm³/mol. The first kappa shape index (κ1) is 13.6. The quantitative estimate of drug-likeness (QED) is 0.814. The lowest BCUT2D eigenvalue weighted by Gasteiger charge is -2.26. The molecule has 3 N–H and O–H groups in total. The van der Waals surface area contributed by atoms with E-state index >= 15 is 0 Å². The first-order valence-corrected chi connectivity index (χ1v) is 6.71. The zero-order chi connectivity index (χ0) is 14.7. The predicted octanol–water partition coefficient (Wildman–Crippen LogP) is 0.199. The SMILES string of the molecule is Cc1cc(CNc2nc(N)nc(N3CCOCC3)n2)no1. The van der Waals surface area contributed by atoms with Crippen LogP contribution in [0.4, 0.5) is 17.8 Å². The minimum atomic E-state index is 0.185. The monoisotopic (exact) mass is 291 g/mol. The van der Waals surface area contributed by atoms with Crippen LogP contribution in [0.1, 0.15) is 11.5 Å². The maximum Gasteiger partial charge on any atom is 0.232 e. The minimum Gasteiger partial charge on any atom is -0.378 e. The molecule has 0 aromatic carbocycles. The van der Waals surface area contributed by atoms with Crippen LogP contribution in [-0.4, -0.2) is 46.4 Å². The summed E-state index contributed by atoms with van der Waals surface area (Å²) in [5.74, 6) is 1.93. The summed E-state index contributed by atoms with van der Waals surface area (Å²) in [6, 6.07) is 1.85. The van der Waals surface area contributed by atoms with Crippen LogP contribution >= 0.6 is 0 Å². The van der Waals surface area contributed by atoms with Crippen molar-refractivity contribution in [1.29, 1.82) is 0 Å². The second-order valence-corrected chi connectivity index (χ2v) is 4.70. The van der Waals surface area contributed by atoms with Gasteiger partial charge in [0.1, 0.15) is 11.5 Å². The third-order valence-corrected chi connectivity index (χ3v) is 3.04. The highest BCUT2D eigenvalue weighted by atomic mass is 16.5. The topological polar surface area (TPSA) is 115 Å². The number of rotatable bonds is 4. The first-order chi connectivity index (χ1) is 10.2. The molecule has 9 nitrogen and oxygen atoms in total. The number of hydrogen-bond acceptors (Lipinski definition) is 9. The van der Waals surface area contributed by atoms with E-state index in [0.717, 1.165) is 24.5 Å². The van der Waals surface area contributed by atoms with Crippen LogP contribution in [0.5, 0.6) is 0 Å². The van der Waals surface area contributed by atoms with Crippen molar-refractivity contribution in [2.24, 2.45) is 0 Å². The minimum absolute atomic E-state index is 0.185. The van der Waals surface area contributed by atoms with Gasteiger partial charge in [0, 0.05) is 19.2 Å². The fourth-order valence-corrected chi connectivity index (χ4v) is 2.04. The molecule has 0 aliphatic carbocycles. The fraction of sp³-hybridized carbons (Fsp3) is 0.500. The number of nitrogens with zero attached hydrogens (tertiary/aromatic N) is 5. The summed E-state index contributed by atoms with van der Waals surface area (Å²) in [6.07, 6.45) is 0. The Balaban J connectivity index is 1.71. The molecular weight excluding hydrogens is 274 g/mol. The molecule has 1 aliphatic heterocycles. The summed E-state index contributed by atoms with van der Waals surface area (Å²) >= 11 is 0. The Hall–Kier alpha value is -2.42. The number of hydrogen-bond donors (Lipinski definition) is 2. The van der Waals surface area contributed by atoms with Gasteiger partial charge in [-0.3, -0.25) is 0 Å². The highest BCUT2D eigenvalue weighted by Gasteiger charge is 2.15. The maximum absolute atomic E-state index is 5.74. The standard InChI is InChI=1S/C12H17N7O2/c1-8-6-9(18-21-8)7-14-11-15-10(13)16-12(17-11)19-2-4-20-5-3-19/h6H,2-5,7H2,1H3,(H3,13,14,15,16,17). The Morgan fingerprint density at radius 2 is 2.10 bits per heavy atom. The Bertz CT molecular complexity index is 609. The number of ether oxygens (including phenoxy) is 1. The summed E-state index contributed by atoms with van der Waals surface area (Å²) in [4.78, 5) is 14.6. The normalized spacial score (nSPS) is 15.2. The number of morpholine rings is 1. The van der Waals surface area contributed by atoms with E-state index < -0.39 is 0 Å². The molecule has 2 aromatic rings. The van der Waals surface area contributed by atoms with Crippen molar-refractivity contribution in [2.45, 2.75) is 13.5 Å². The van der Waals surface area contributed by atoms with E-state index in [1.807, 2.05) is 17.9 Å². The molecule has 2 aromatic heterocycles. The van der Waals surface area contributed by atoms with Gasteiger partial charge < -0.3 is 25.2 Å². The first-order valence-electron chi connectivity index (χ1n) is 6.71. The zero-order valence-electron chi connectivity index (χ0n) is 11.7. The molecule has 0 spiro atoms. The lowest BCUT2D eigenvalue weighted by Crippen LogP contribution is -2.37. The van der Waals surface area contributed by atoms with Gasteiger partial charge in [-0.25, -0.2) is 0 Å². The van der Waals surface area contributed by atoms with E-state index in [1.54, 1.807) is 0 Å². The molecule has 3 heterocycles. The van der Waals surface area contributed by atoms with E-state index in [0.29, 0.717) is 31.7 Å². The Labute approximate surface area is 121 Å². The Kier molecular flexibility index (Phi) is 3.82. The van der Waals surface area contributed by atoms with Gasteiger partial charge >= 0.3 is 0 Å². The molecule has 0 bridgehead atoms. The molecule has 0 radical (unpaired) electrons. The van der Waals surface area contributed by atoms with Gasteiger partial charge in [-0.1, -0.05) is 5.16 Å². The van der Waals surface area contributed by atoms with Gasteiger partial charge in [0.2, 0.25) is 17.8 Å². The molecule has 21 heavy (non-hydrogen) atoms. The van der Waals surface area contributed by atoms with Gasteiger partial charge in [-0.2, -0.15) is 15.0 Å². The van der Waals surface area contributed by atoms with Crippen LogP contribution in [0.25, 0.3) is 0 Å². The molecule has 112 valence electrons. The van der Waals surface area contributed by atoms with Gasteiger partial charge in [-0.05, 0) is 6.92 Å². The average molecular weight is 291 g/mol. The van der Waals surface area contributed by atoms with Crippen molar-refractivity contribution in [3.63, 3.8) is 0 Å². The van der Waals surface area contributed by atoms with Crippen molar-refractivity contribution in [1.82, 2.24) is 20.1 Å². The zero-order valence-corrected chi connectivity index (χ0v) is 11.7. The molecule has 3 rings (SSSR count). The largest absolute Gasteiger partial charge is 0.378 e. The number of aromatic nitrogens is 4. The van der Waals surface area contributed by atoms with Crippen molar-refractivity contribution in [3.05, 3.63) is 17.5 Å². The molecule has 1 fully saturated rings. The second kappa shape index (κ2) is 5.92. The van der Waals surface area contributed by atoms with E-state index in [4.69, 9.17) is 15.0 Å². The smallest absolute Gasteiger partial charge is 0.232 e. The molecule has 1 saturated heterocycles. The second-order valence-electron chi connectivity index (χ2n) is 4.70. The van der Waals surface area contributed by atoms with Crippen molar-refractivity contribution < 1.29 is 9.26 Å². The summed E-state index contributed by atoms with van der Waals surface area (Å²) in [5, 5.41) is 6.97. The number of nitrogens with one attached hydrogen (secondary N) is 1. The molecular formula is C12H17N7O2. The van der Waals surface area contributed by atoms with Crippen LogP contribution in [0.15, 0.2) is 10.6 Å². The number of nitrogens with two attached hydrogens (primary N) is 1. The lowest BCUT2D eigenvalue weighted by atomic mass is 10.4.